The minimum absolute atomic E-state index is 0.0183. The molecule has 2 amide bonds. The molecular formula is C24H18N2O2S4. The van der Waals surface area contributed by atoms with E-state index in [1.807, 2.05) is 77.0 Å². The van der Waals surface area contributed by atoms with Crippen LogP contribution in [0.1, 0.15) is 17.7 Å². The monoisotopic (exact) mass is 494 g/mol. The summed E-state index contributed by atoms with van der Waals surface area (Å²) in [4.78, 5) is 33.3. The van der Waals surface area contributed by atoms with Gasteiger partial charge in [-0.3, -0.25) is 19.4 Å². The van der Waals surface area contributed by atoms with Gasteiger partial charge in [0.2, 0.25) is 5.91 Å². The fourth-order valence-corrected chi connectivity index (χ4v) is 6.76. The molecule has 0 radical (unpaired) electrons. The Morgan fingerprint density at radius 3 is 2.28 bits per heavy atom. The average molecular weight is 495 g/mol. The van der Waals surface area contributed by atoms with Gasteiger partial charge in [0.05, 0.1) is 16.3 Å². The first-order valence-corrected chi connectivity index (χ1v) is 13.0. The van der Waals surface area contributed by atoms with Gasteiger partial charge in [0.15, 0.2) is 0 Å². The van der Waals surface area contributed by atoms with Crippen molar-refractivity contribution in [3.8, 4) is 0 Å². The van der Waals surface area contributed by atoms with Crippen LogP contribution >= 0.6 is 47.1 Å². The fourth-order valence-electron chi connectivity index (χ4n) is 3.67. The molecule has 0 bridgehead atoms. The summed E-state index contributed by atoms with van der Waals surface area (Å²) < 4.78 is 0.551. The maximum Gasteiger partial charge on any atom is 0.266 e. The SMILES string of the molecule is O=C1C(=Cc2cccs2)SC(=S)N1CCCC(=O)N1c2ccccc2Sc2ccccc21. The van der Waals surface area contributed by atoms with Gasteiger partial charge < -0.3 is 0 Å². The first kappa shape index (κ1) is 21.5. The average Bonchev–Trinajstić information content (AvgIpc) is 3.41. The van der Waals surface area contributed by atoms with Crippen LogP contribution < -0.4 is 4.90 Å². The second-order valence-electron chi connectivity index (χ2n) is 7.22. The molecule has 3 heterocycles. The Labute approximate surface area is 204 Å². The number of hydrogen-bond donors (Lipinski definition) is 0. The number of nitrogens with zero attached hydrogens (tertiary/aromatic N) is 2. The molecule has 5 rings (SSSR count). The molecular weight excluding hydrogens is 477 g/mol. The van der Waals surface area contributed by atoms with Crippen molar-refractivity contribution in [1.82, 2.24) is 4.90 Å². The van der Waals surface area contributed by atoms with Gasteiger partial charge in [0.1, 0.15) is 4.32 Å². The van der Waals surface area contributed by atoms with Crippen LogP contribution in [-0.2, 0) is 9.59 Å². The maximum atomic E-state index is 13.3. The zero-order valence-corrected chi connectivity index (χ0v) is 20.2. The minimum atomic E-state index is -0.0779. The molecule has 0 atom stereocenters. The number of hydrogen-bond acceptors (Lipinski definition) is 6. The predicted molar refractivity (Wildman–Crippen MR) is 138 cm³/mol. The van der Waals surface area contributed by atoms with E-state index in [0.29, 0.717) is 28.6 Å². The van der Waals surface area contributed by atoms with E-state index >= 15 is 0 Å². The molecule has 1 fully saturated rings. The van der Waals surface area contributed by atoms with E-state index < -0.39 is 0 Å². The fraction of sp³-hybridized carbons (Fsp3) is 0.125. The highest BCUT2D eigenvalue weighted by atomic mass is 32.2. The third-order valence-corrected chi connectivity index (χ3v) is 8.47. The lowest BCUT2D eigenvalue weighted by Gasteiger charge is -2.31. The molecule has 32 heavy (non-hydrogen) atoms. The van der Waals surface area contributed by atoms with Gasteiger partial charge >= 0.3 is 0 Å². The van der Waals surface area contributed by atoms with Gasteiger partial charge in [0.25, 0.3) is 5.91 Å². The highest BCUT2D eigenvalue weighted by Gasteiger charge is 2.32. The lowest BCUT2D eigenvalue weighted by atomic mass is 10.2. The van der Waals surface area contributed by atoms with Crippen molar-refractivity contribution in [3.05, 3.63) is 75.8 Å². The molecule has 0 unspecified atom stereocenters. The molecule has 0 aliphatic carbocycles. The van der Waals surface area contributed by atoms with Gasteiger partial charge in [-0.15, -0.1) is 11.3 Å². The Morgan fingerprint density at radius 2 is 1.62 bits per heavy atom. The molecule has 3 aromatic rings. The number of rotatable bonds is 5. The van der Waals surface area contributed by atoms with Crippen molar-refractivity contribution < 1.29 is 9.59 Å². The Kier molecular flexibility index (Phi) is 6.19. The summed E-state index contributed by atoms with van der Waals surface area (Å²) in [5, 5.41) is 1.98. The second kappa shape index (κ2) is 9.23. The molecule has 1 saturated heterocycles. The molecule has 0 saturated carbocycles. The molecule has 0 N–H and O–H groups in total. The number of benzene rings is 2. The number of thiophene rings is 1. The summed E-state index contributed by atoms with van der Waals surface area (Å²) in [6, 6.07) is 19.8. The predicted octanol–water partition coefficient (Wildman–Crippen LogP) is 6.56. The summed E-state index contributed by atoms with van der Waals surface area (Å²) >= 11 is 10.0. The van der Waals surface area contributed by atoms with Crippen LogP contribution in [0.2, 0.25) is 0 Å². The zero-order chi connectivity index (χ0) is 22.1. The smallest absolute Gasteiger partial charge is 0.266 e. The largest absolute Gasteiger partial charge is 0.293 e. The van der Waals surface area contributed by atoms with Crippen molar-refractivity contribution in [3.63, 3.8) is 0 Å². The number of carbonyl (C=O) groups is 2. The highest BCUT2D eigenvalue weighted by Crippen LogP contribution is 2.48. The van der Waals surface area contributed by atoms with E-state index in [-0.39, 0.29) is 11.8 Å². The van der Waals surface area contributed by atoms with E-state index in [4.69, 9.17) is 12.2 Å². The summed E-state index contributed by atoms with van der Waals surface area (Å²) in [7, 11) is 0. The number of para-hydroxylation sites is 2. The van der Waals surface area contributed by atoms with Crippen molar-refractivity contribution >= 4 is 80.7 Å². The van der Waals surface area contributed by atoms with Crippen LogP contribution in [0.15, 0.2) is 80.7 Å². The lowest BCUT2D eigenvalue weighted by Crippen LogP contribution is -2.32. The summed E-state index contributed by atoms with van der Waals surface area (Å²) in [5.41, 5.74) is 1.82. The summed E-state index contributed by atoms with van der Waals surface area (Å²) in [6.07, 6.45) is 2.76. The van der Waals surface area contributed by atoms with Crippen LogP contribution in [0.5, 0.6) is 0 Å². The van der Waals surface area contributed by atoms with Crippen molar-refractivity contribution in [2.24, 2.45) is 0 Å². The van der Waals surface area contributed by atoms with Gasteiger partial charge in [-0.1, -0.05) is 66.1 Å². The van der Waals surface area contributed by atoms with Crippen molar-refractivity contribution in [2.75, 3.05) is 11.4 Å². The molecule has 2 aliphatic rings. The Bertz CT molecular complexity index is 1190. The lowest BCUT2D eigenvalue weighted by molar-refractivity contribution is -0.123. The Hall–Kier alpha value is -2.39. The highest BCUT2D eigenvalue weighted by molar-refractivity contribution is 8.26. The molecule has 0 spiro atoms. The van der Waals surface area contributed by atoms with Crippen molar-refractivity contribution in [1.29, 1.82) is 0 Å². The molecule has 2 aromatic carbocycles. The van der Waals surface area contributed by atoms with E-state index in [9.17, 15) is 9.59 Å². The number of thioether (sulfide) groups is 1. The second-order valence-corrected chi connectivity index (χ2v) is 11.0. The number of carbonyl (C=O) groups excluding carboxylic acids is 2. The molecule has 4 nitrogen and oxygen atoms in total. The standard InChI is InChI=1S/C24H18N2O2S4/c27-22(26-17-8-1-3-10-19(17)31-20-11-4-2-9-18(20)26)12-5-13-25-23(28)21(32-24(25)29)15-16-7-6-14-30-16/h1-4,6-11,14-15H,5,12-13H2. The van der Waals surface area contributed by atoms with Crippen LogP contribution in [0.3, 0.4) is 0 Å². The van der Waals surface area contributed by atoms with E-state index in [0.717, 1.165) is 26.0 Å². The topological polar surface area (TPSA) is 40.6 Å². The Morgan fingerprint density at radius 1 is 0.938 bits per heavy atom. The van der Waals surface area contributed by atoms with Crippen LogP contribution in [0.25, 0.3) is 6.08 Å². The number of thiocarbonyl (C=S) groups is 1. The molecule has 160 valence electrons. The quantitative estimate of drug-likeness (QED) is 0.297. The van der Waals surface area contributed by atoms with Gasteiger partial charge in [-0.05, 0) is 48.2 Å². The first-order valence-electron chi connectivity index (χ1n) is 10.1. The number of amides is 2. The van der Waals surface area contributed by atoms with Gasteiger partial charge in [-0.25, -0.2) is 0 Å². The third-order valence-electron chi connectivity index (χ3n) is 5.14. The van der Waals surface area contributed by atoms with Crippen LogP contribution in [0.4, 0.5) is 11.4 Å². The third kappa shape index (κ3) is 4.15. The summed E-state index contributed by atoms with van der Waals surface area (Å²) in [6.45, 7) is 0.435. The molecule has 8 heteroatoms. The maximum absolute atomic E-state index is 13.3. The normalized spacial score (nSPS) is 16.4. The van der Waals surface area contributed by atoms with Gasteiger partial charge in [0, 0.05) is 27.6 Å². The van der Waals surface area contributed by atoms with E-state index in [1.165, 1.54) is 11.8 Å². The van der Waals surface area contributed by atoms with Gasteiger partial charge in [-0.2, -0.15) is 0 Å². The van der Waals surface area contributed by atoms with E-state index in [1.54, 1.807) is 28.0 Å². The summed E-state index contributed by atoms with van der Waals surface area (Å²) in [5.74, 6) is -0.0596. The van der Waals surface area contributed by atoms with Crippen LogP contribution in [0, 0.1) is 0 Å². The number of fused-ring (bicyclic) bond motifs is 2. The van der Waals surface area contributed by atoms with E-state index in [2.05, 4.69) is 0 Å². The van der Waals surface area contributed by atoms with Crippen molar-refractivity contribution in [2.45, 2.75) is 22.6 Å². The van der Waals surface area contributed by atoms with Crippen LogP contribution in [-0.4, -0.2) is 27.6 Å². The number of anilines is 2. The first-order chi connectivity index (χ1) is 15.6. The Balaban J connectivity index is 1.28. The zero-order valence-electron chi connectivity index (χ0n) is 16.9. The molecule has 2 aliphatic heterocycles. The molecule has 1 aromatic heterocycles. The minimum Gasteiger partial charge on any atom is -0.293 e.